The number of hydrogen-bond donors (Lipinski definition) is 0. The van der Waals surface area contributed by atoms with Crippen molar-refractivity contribution in [2.24, 2.45) is 29.1 Å². The molecule has 7 atom stereocenters. The van der Waals surface area contributed by atoms with Gasteiger partial charge in [-0.05, 0) is 141 Å². The third kappa shape index (κ3) is 2.84. The lowest BCUT2D eigenvalue weighted by atomic mass is 9.56. The van der Waals surface area contributed by atoms with Crippen LogP contribution in [-0.2, 0) is 0 Å². The standard InChI is InChI=1S/C47H40N4/c1-2-6-31(7-3-1)50-34-9-5-4-8-32(34)40-35(50)18-33-41-36(21-48-44-26-13-23-10-24(14-26)12-25(11-23)38(41)44)51-37-22-49-45-28-16-30-17-29-15-27(19-47(29,30)20-28)39(45)42(37)43(40)46(33)51/h1-9,18,21-30H,10-17,19-20H2. The van der Waals surface area contributed by atoms with Crippen LogP contribution in [0.2, 0.25) is 0 Å². The highest BCUT2D eigenvalue weighted by molar-refractivity contribution is 6.36. The van der Waals surface area contributed by atoms with Crippen molar-refractivity contribution in [1.29, 1.82) is 0 Å². The van der Waals surface area contributed by atoms with E-state index in [1.165, 1.54) is 141 Å². The molecule has 0 amide bonds. The van der Waals surface area contributed by atoms with Gasteiger partial charge in [0.1, 0.15) is 0 Å². The van der Waals surface area contributed by atoms with Crippen molar-refractivity contribution in [2.45, 2.75) is 87.9 Å². The van der Waals surface area contributed by atoms with Gasteiger partial charge in [0.2, 0.25) is 0 Å². The third-order valence-corrected chi connectivity index (χ3v) is 16.7. The van der Waals surface area contributed by atoms with Gasteiger partial charge in [-0.3, -0.25) is 9.97 Å². The highest BCUT2D eigenvalue weighted by atomic mass is 15.0. The van der Waals surface area contributed by atoms with Crippen LogP contribution in [0.25, 0.3) is 65.6 Å². The first-order valence-electron chi connectivity index (χ1n) is 20.2. The Kier molecular flexibility index (Phi) is 4.36. The quantitative estimate of drug-likeness (QED) is 0.176. The van der Waals surface area contributed by atoms with Crippen LogP contribution in [0.1, 0.15) is 110 Å². The van der Waals surface area contributed by atoms with Crippen LogP contribution in [0.4, 0.5) is 0 Å². The number of para-hydroxylation sites is 2. The molecule has 0 radical (unpaired) electrons. The van der Waals surface area contributed by atoms with Gasteiger partial charge in [-0.2, -0.15) is 0 Å². The summed E-state index contributed by atoms with van der Waals surface area (Å²) in [4.78, 5) is 11.1. The minimum absolute atomic E-state index is 0.605. The van der Waals surface area contributed by atoms with Gasteiger partial charge in [-0.25, -0.2) is 0 Å². The van der Waals surface area contributed by atoms with Crippen LogP contribution >= 0.6 is 0 Å². The van der Waals surface area contributed by atoms with Gasteiger partial charge in [-0.1, -0.05) is 36.4 Å². The van der Waals surface area contributed by atoms with Crippen LogP contribution in [0.15, 0.2) is 73.1 Å². The molecule has 4 heteroatoms. The first-order chi connectivity index (χ1) is 25.2. The zero-order valence-corrected chi connectivity index (χ0v) is 28.9. The molecule has 8 aliphatic rings. The van der Waals surface area contributed by atoms with Crippen molar-refractivity contribution in [3.8, 4) is 5.69 Å². The fourth-order valence-electron chi connectivity index (χ4n) is 15.3. The van der Waals surface area contributed by atoms with Crippen molar-refractivity contribution in [2.75, 3.05) is 0 Å². The molecular formula is C47H40N4. The third-order valence-electron chi connectivity index (χ3n) is 16.7. The summed E-state index contributed by atoms with van der Waals surface area (Å²) in [6.07, 6.45) is 18.5. The number of hydrogen-bond acceptors (Lipinski definition) is 2. The molecule has 7 bridgehead atoms. The van der Waals surface area contributed by atoms with E-state index >= 15 is 0 Å². The molecule has 16 rings (SSSR count). The lowest BCUT2D eigenvalue weighted by Crippen LogP contribution is -2.41. The van der Waals surface area contributed by atoms with Crippen LogP contribution in [-0.4, -0.2) is 18.9 Å². The topological polar surface area (TPSA) is 35.1 Å². The minimum atomic E-state index is 0.605. The molecular weight excluding hydrogens is 621 g/mol. The largest absolute Gasteiger partial charge is 0.309 e. The Morgan fingerprint density at radius 1 is 0.529 bits per heavy atom. The average Bonchev–Trinajstić information content (AvgIpc) is 3.88. The Bertz CT molecular complexity index is 2880. The van der Waals surface area contributed by atoms with E-state index < -0.39 is 0 Å². The zero-order valence-electron chi connectivity index (χ0n) is 28.9. The van der Waals surface area contributed by atoms with Crippen molar-refractivity contribution in [3.63, 3.8) is 0 Å². The Morgan fingerprint density at radius 3 is 2.06 bits per heavy atom. The van der Waals surface area contributed by atoms with E-state index in [4.69, 9.17) is 9.97 Å². The van der Waals surface area contributed by atoms with E-state index in [2.05, 4.69) is 82.0 Å². The summed E-state index contributed by atoms with van der Waals surface area (Å²) in [5, 5.41) is 8.81. The van der Waals surface area contributed by atoms with Gasteiger partial charge in [0.25, 0.3) is 0 Å². The van der Waals surface area contributed by atoms with Gasteiger partial charge in [0, 0.05) is 61.2 Å². The summed E-state index contributed by atoms with van der Waals surface area (Å²) in [5.74, 6) is 6.15. The fourth-order valence-corrected chi connectivity index (χ4v) is 15.3. The smallest absolute Gasteiger partial charge is 0.0728 e. The maximum atomic E-state index is 5.57. The molecule has 5 heterocycles. The van der Waals surface area contributed by atoms with Crippen LogP contribution < -0.4 is 0 Å². The van der Waals surface area contributed by atoms with E-state index in [9.17, 15) is 0 Å². The Hall–Kier alpha value is -4.44. The SMILES string of the molecule is c1ccc(-n2c3ccccc3c3c4c5c6c(ncc5n5c7cnc8c(c7c(cc32)c45)C2CC3CC(CC8C3)C2)C2CC3CC4CC6CC34C2)cc1. The van der Waals surface area contributed by atoms with Gasteiger partial charge in [0.05, 0.1) is 40.0 Å². The Balaban J connectivity index is 1.19. The molecule has 8 aliphatic carbocycles. The van der Waals surface area contributed by atoms with Crippen molar-refractivity contribution >= 4 is 59.9 Å². The summed E-state index contributed by atoms with van der Waals surface area (Å²) in [7, 11) is 0. The van der Waals surface area contributed by atoms with Gasteiger partial charge in [-0.15, -0.1) is 0 Å². The number of benzene rings is 3. The summed E-state index contributed by atoms with van der Waals surface area (Å²) in [6.45, 7) is 0. The summed E-state index contributed by atoms with van der Waals surface area (Å²) < 4.78 is 5.25. The molecule has 0 saturated heterocycles. The van der Waals surface area contributed by atoms with E-state index in [0.717, 1.165) is 23.7 Å². The molecule has 5 saturated carbocycles. The highest BCUT2D eigenvalue weighted by Crippen LogP contribution is 2.76. The molecule has 5 aromatic heterocycles. The number of aromatic nitrogens is 4. The number of rotatable bonds is 1. The Labute approximate surface area is 296 Å². The normalized spacial score (nSPS) is 34.0. The van der Waals surface area contributed by atoms with Crippen LogP contribution in [0.5, 0.6) is 0 Å². The number of pyridine rings is 2. The maximum Gasteiger partial charge on any atom is 0.0728 e. The van der Waals surface area contributed by atoms with Crippen molar-refractivity contribution in [1.82, 2.24) is 18.9 Å². The number of fused-ring (bicyclic) bond motifs is 16. The molecule has 3 aromatic carbocycles. The van der Waals surface area contributed by atoms with Crippen LogP contribution in [0.3, 0.4) is 0 Å². The lowest BCUT2D eigenvalue weighted by molar-refractivity contribution is 0.00321. The monoisotopic (exact) mass is 660 g/mol. The minimum Gasteiger partial charge on any atom is -0.309 e. The Morgan fingerprint density at radius 2 is 1.22 bits per heavy atom. The second-order valence-electron chi connectivity index (χ2n) is 18.6. The molecule has 8 aromatic rings. The second-order valence-corrected chi connectivity index (χ2v) is 18.6. The van der Waals surface area contributed by atoms with Crippen LogP contribution in [0, 0.1) is 29.1 Å². The van der Waals surface area contributed by atoms with E-state index in [1.807, 2.05) is 0 Å². The van der Waals surface area contributed by atoms with Crippen molar-refractivity contribution < 1.29 is 0 Å². The van der Waals surface area contributed by atoms with Gasteiger partial charge < -0.3 is 8.97 Å². The average molecular weight is 661 g/mol. The predicted octanol–water partition coefficient (Wildman–Crippen LogP) is 11.5. The molecule has 1 spiro atoms. The lowest BCUT2D eigenvalue weighted by Gasteiger charge is -2.48. The summed E-state index contributed by atoms with van der Waals surface area (Å²) >= 11 is 0. The predicted molar refractivity (Wildman–Crippen MR) is 205 cm³/mol. The first-order valence-corrected chi connectivity index (χ1v) is 20.2. The highest BCUT2D eigenvalue weighted by Gasteiger charge is 2.66. The molecule has 4 nitrogen and oxygen atoms in total. The van der Waals surface area contributed by atoms with Gasteiger partial charge >= 0.3 is 0 Å². The zero-order chi connectivity index (χ0) is 32.5. The summed E-state index contributed by atoms with van der Waals surface area (Å²) in [6, 6.07) is 23.0. The molecule has 0 N–H and O–H groups in total. The van der Waals surface area contributed by atoms with E-state index in [0.29, 0.717) is 29.1 Å². The van der Waals surface area contributed by atoms with Crippen molar-refractivity contribution in [3.05, 3.63) is 95.6 Å². The second kappa shape index (κ2) is 8.44. The molecule has 0 aliphatic heterocycles. The molecule has 51 heavy (non-hydrogen) atoms. The van der Waals surface area contributed by atoms with Gasteiger partial charge in [0.15, 0.2) is 0 Å². The number of nitrogens with zero attached hydrogens (tertiary/aromatic N) is 4. The molecule has 248 valence electrons. The van der Waals surface area contributed by atoms with E-state index in [1.54, 1.807) is 11.1 Å². The maximum absolute atomic E-state index is 5.57. The first kappa shape index (κ1) is 26.4. The summed E-state index contributed by atoms with van der Waals surface area (Å²) in [5.41, 5.74) is 14.8. The fraction of sp³-hybridized carbons (Fsp3) is 0.404. The van der Waals surface area contributed by atoms with E-state index in [-0.39, 0.29) is 0 Å². The molecule has 7 unspecified atom stereocenters. The molecule has 5 fully saturated rings.